The first-order valence-electron chi connectivity index (χ1n) is 7.25. The van der Waals surface area contributed by atoms with Crippen LogP contribution < -0.4 is 14.8 Å². The van der Waals surface area contributed by atoms with Gasteiger partial charge >= 0.3 is 0 Å². The van der Waals surface area contributed by atoms with Crippen LogP contribution in [0.15, 0.2) is 24.3 Å². The summed E-state index contributed by atoms with van der Waals surface area (Å²) >= 11 is 0. The minimum atomic E-state index is -0.238. The molecule has 0 unspecified atom stereocenters. The van der Waals surface area contributed by atoms with E-state index in [-0.39, 0.29) is 24.5 Å². The summed E-state index contributed by atoms with van der Waals surface area (Å²) in [5.74, 6) is 0.859. The van der Waals surface area contributed by atoms with Crippen molar-refractivity contribution in [2.24, 2.45) is 0 Å². The molecule has 0 saturated carbocycles. The summed E-state index contributed by atoms with van der Waals surface area (Å²) in [4.78, 5) is 24.9. The number of ether oxygens (including phenoxy) is 2. The van der Waals surface area contributed by atoms with Crippen LogP contribution in [0.4, 0.5) is 0 Å². The molecule has 0 spiro atoms. The van der Waals surface area contributed by atoms with Gasteiger partial charge in [0.25, 0.3) is 5.91 Å². The van der Waals surface area contributed by atoms with E-state index in [0.717, 1.165) is 0 Å². The maximum absolute atomic E-state index is 11.8. The molecule has 0 fully saturated rings. The third kappa shape index (κ3) is 5.63. The molecular formula is C16H24N2O4. The quantitative estimate of drug-likeness (QED) is 0.789. The molecule has 1 rings (SSSR count). The first kappa shape index (κ1) is 17.8. The third-order valence-electron chi connectivity index (χ3n) is 3.13. The van der Waals surface area contributed by atoms with Crippen LogP contribution in [0.2, 0.25) is 0 Å². The molecule has 1 N–H and O–H groups in total. The molecule has 0 aliphatic heterocycles. The summed E-state index contributed by atoms with van der Waals surface area (Å²) in [7, 11) is 1.55. The van der Waals surface area contributed by atoms with E-state index < -0.39 is 0 Å². The Kier molecular flexibility index (Phi) is 7.22. The van der Waals surface area contributed by atoms with E-state index in [2.05, 4.69) is 5.32 Å². The zero-order chi connectivity index (χ0) is 16.5. The lowest BCUT2D eigenvalue weighted by molar-refractivity contribution is -0.131. The largest absolute Gasteiger partial charge is 0.493 e. The average molecular weight is 308 g/mol. The van der Waals surface area contributed by atoms with Gasteiger partial charge in [0.2, 0.25) is 5.91 Å². The molecule has 0 aliphatic carbocycles. The number of hydrogen-bond donors (Lipinski definition) is 1. The number of para-hydroxylation sites is 2. The number of benzene rings is 1. The average Bonchev–Trinajstić information content (AvgIpc) is 2.48. The lowest BCUT2D eigenvalue weighted by Crippen LogP contribution is -2.42. The van der Waals surface area contributed by atoms with Crippen LogP contribution in [-0.2, 0) is 9.59 Å². The Morgan fingerprint density at radius 1 is 1.23 bits per heavy atom. The molecule has 122 valence electrons. The van der Waals surface area contributed by atoms with Crippen LogP contribution in [0.5, 0.6) is 11.5 Å². The Morgan fingerprint density at radius 2 is 1.86 bits per heavy atom. The summed E-state index contributed by atoms with van der Waals surface area (Å²) < 4.78 is 10.6. The van der Waals surface area contributed by atoms with Gasteiger partial charge in [-0.2, -0.15) is 0 Å². The van der Waals surface area contributed by atoms with Crippen molar-refractivity contribution in [3.8, 4) is 11.5 Å². The number of nitrogens with zero attached hydrogens (tertiary/aromatic N) is 1. The number of hydrogen-bond acceptors (Lipinski definition) is 4. The van der Waals surface area contributed by atoms with E-state index in [1.54, 1.807) is 24.1 Å². The first-order chi connectivity index (χ1) is 10.5. The van der Waals surface area contributed by atoms with Gasteiger partial charge in [-0.1, -0.05) is 12.1 Å². The van der Waals surface area contributed by atoms with E-state index in [1.165, 1.54) is 6.92 Å². The Hall–Kier alpha value is -2.24. The molecule has 1 aromatic rings. The van der Waals surface area contributed by atoms with Gasteiger partial charge in [-0.05, 0) is 26.0 Å². The van der Waals surface area contributed by atoms with Gasteiger partial charge in [0.1, 0.15) is 0 Å². The molecule has 0 saturated heterocycles. The maximum atomic E-state index is 11.8. The molecule has 6 heteroatoms. The van der Waals surface area contributed by atoms with Crippen molar-refractivity contribution in [2.75, 3.05) is 26.8 Å². The zero-order valence-electron chi connectivity index (χ0n) is 13.6. The van der Waals surface area contributed by atoms with Gasteiger partial charge in [-0.15, -0.1) is 0 Å². The summed E-state index contributed by atoms with van der Waals surface area (Å²) in [6, 6.07) is 7.25. The number of methoxy groups -OCH3 is 1. The van der Waals surface area contributed by atoms with E-state index in [0.29, 0.717) is 24.6 Å². The molecule has 0 aromatic heterocycles. The second-order valence-electron chi connectivity index (χ2n) is 5.10. The maximum Gasteiger partial charge on any atom is 0.258 e. The van der Waals surface area contributed by atoms with Gasteiger partial charge in [-0.3, -0.25) is 9.59 Å². The first-order valence-corrected chi connectivity index (χ1v) is 7.25. The van der Waals surface area contributed by atoms with Crippen LogP contribution in [0.3, 0.4) is 0 Å². The summed E-state index contributed by atoms with van der Waals surface area (Å²) in [5.41, 5.74) is 0. The number of nitrogens with one attached hydrogen (secondary N) is 1. The Labute approximate surface area is 131 Å². The van der Waals surface area contributed by atoms with Crippen LogP contribution in [-0.4, -0.2) is 49.6 Å². The molecule has 0 atom stereocenters. The van der Waals surface area contributed by atoms with Crippen molar-refractivity contribution in [3.63, 3.8) is 0 Å². The number of rotatable bonds is 8. The molecule has 6 nitrogen and oxygen atoms in total. The highest BCUT2D eigenvalue weighted by Crippen LogP contribution is 2.25. The fourth-order valence-electron chi connectivity index (χ4n) is 2.03. The highest BCUT2D eigenvalue weighted by atomic mass is 16.5. The fourth-order valence-corrected chi connectivity index (χ4v) is 2.03. The molecule has 0 heterocycles. The van der Waals surface area contributed by atoms with Crippen LogP contribution in [0.25, 0.3) is 0 Å². The van der Waals surface area contributed by atoms with Crippen molar-refractivity contribution in [1.82, 2.24) is 10.2 Å². The summed E-state index contributed by atoms with van der Waals surface area (Å²) in [5, 5.41) is 2.73. The van der Waals surface area contributed by atoms with Gasteiger partial charge in [0.05, 0.1) is 7.11 Å². The van der Waals surface area contributed by atoms with Crippen molar-refractivity contribution in [3.05, 3.63) is 24.3 Å². The smallest absolute Gasteiger partial charge is 0.258 e. The monoisotopic (exact) mass is 308 g/mol. The van der Waals surface area contributed by atoms with Crippen molar-refractivity contribution >= 4 is 11.8 Å². The fraction of sp³-hybridized carbons (Fsp3) is 0.500. The Bertz CT molecular complexity index is 503. The van der Waals surface area contributed by atoms with Gasteiger partial charge in [-0.25, -0.2) is 0 Å². The number of amides is 2. The lowest BCUT2D eigenvalue weighted by atomic mass is 10.3. The van der Waals surface area contributed by atoms with Crippen LogP contribution in [0.1, 0.15) is 20.8 Å². The second kappa shape index (κ2) is 8.92. The van der Waals surface area contributed by atoms with Crippen molar-refractivity contribution in [2.45, 2.75) is 26.8 Å². The zero-order valence-corrected chi connectivity index (χ0v) is 13.6. The number of carbonyl (C=O) groups is 2. The SMILES string of the molecule is COc1ccccc1OCC(=O)NCCN(C(C)=O)C(C)C. The molecule has 1 aromatic carbocycles. The minimum Gasteiger partial charge on any atom is -0.493 e. The Morgan fingerprint density at radius 3 is 2.41 bits per heavy atom. The summed E-state index contributed by atoms with van der Waals surface area (Å²) in [6.45, 7) is 6.18. The highest BCUT2D eigenvalue weighted by Gasteiger charge is 2.12. The molecular weight excluding hydrogens is 284 g/mol. The lowest BCUT2D eigenvalue weighted by Gasteiger charge is -2.25. The predicted octanol–water partition coefficient (Wildman–Crippen LogP) is 1.45. The van der Waals surface area contributed by atoms with E-state index in [9.17, 15) is 9.59 Å². The molecule has 22 heavy (non-hydrogen) atoms. The van der Waals surface area contributed by atoms with Gasteiger partial charge in [0, 0.05) is 26.1 Å². The van der Waals surface area contributed by atoms with Crippen molar-refractivity contribution < 1.29 is 19.1 Å². The summed E-state index contributed by atoms with van der Waals surface area (Å²) in [6.07, 6.45) is 0. The normalized spacial score (nSPS) is 10.2. The topological polar surface area (TPSA) is 67.9 Å². The third-order valence-corrected chi connectivity index (χ3v) is 3.13. The molecule has 0 aliphatic rings. The van der Waals surface area contributed by atoms with Crippen LogP contribution >= 0.6 is 0 Å². The van der Waals surface area contributed by atoms with E-state index in [4.69, 9.17) is 9.47 Å². The van der Waals surface area contributed by atoms with E-state index in [1.807, 2.05) is 26.0 Å². The highest BCUT2D eigenvalue weighted by molar-refractivity contribution is 5.77. The second-order valence-corrected chi connectivity index (χ2v) is 5.10. The predicted molar refractivity (Wildman–Crippen MR) is 84.0 cm³/mol. The van der Waals surface area contributed by atoms with E-state index >= 15 is 0 Å². The van der Waals surface area contributed by atoms with Crippen molar-refractivity contribution in [1.29, 1.82) is 0 Å². The minimum absolute atomic E-state index is 0.00507. The number of carbonyl (C=O) groups excluding carboxylic acids is 2. The van der Waals surface area contributed by atoms with Gasteiger partial charge in [0.15, 0.2) is 18.1 Å². The van der Waals surface area contributed by atoms with Gasteiger partial charge < -0.3 is 19.7 Å². The Balaban J connectivity index is 2.36. The molecule has 0 bridgehead atoms. The molecule has 2 amide bonds. The van der Waals surface area contributed by atoms with Crippen LogP contribution in [0, 0.1) is 0 Å². The standard InChI is InChI=1S/C16H24N2O4/c1-12(2)18(13(3)19)10-9-17-16(20)11-22-15-8-6-5-7-14(15)21-4/h5-8,12H,9-11H2,1-4H3,(H,17,20). The molecule has 0 radical (unpaired) electrons.